The van der Waals surface area contributed by atoms with E-state index >= 15 is 0 Å². The van der Waals surface area contributed by atoms with Gasteiger partial charge in [0.2, 0.25) is 0 Å². The summed E-state index contributed by atoms with van der Waals surface area (Å²) < 4.78 is 1.86. The van der Waals surface area contributed by atoms with Crippen LogP contribution >= 0.6 is 11.8 Å². The van der Waals surface area contributed by atoms with Crippen molar-refractivity contribution in [2.24, 2.45) is 0 Å². The Hall–Kier alpha value is -3.19. The minimum absolute atomic E-state index is 0.216. The van der Waals surface area contributed by atoms with Crippen LogP contribution in [-0.2, 0) is 0 Å². The van der Waals surface area contributed by atoms with Crippen molar-refractivity contribution < 1.29 is 4.79 Å². The molecule has 4 aromatic rings. The highest BCUT2D eigenvalue weighted by atomic mass is 32.2. The normalized spacial score (nSPS) is 11.2. The Bertz CT molecular complexity index is 1230. The van der Waals surface area contributed by atoms with E-state index in [1.54, 1.807) is 30.7 Å². The lowest BCUT2D eigenvalue weighted by atomic mass is 10.1. The number of anilines is 1. The average Bonchev–Trinajstić information content (AvgIpc) is 3.15. The quantitative estimate of drug-likeness (QED) is 0.469. The number of rotatable bonds is 5. The number of hydrogen-bond donors (Lipinski definition) is 1. The molecule has 0 spiro atoms. The number of amides is 1. The van der Waals surface area contributed by atoms with E-state index in [1.165, 1.54) is 22.9 Å². The number of aryl methyl sites for hydroxylation is 2. The summed E-state index contributed by atoms with van der Waals surface area (Å²) in [6.07, 6.45) is 5.13. The third-order valence-electron chi connectivity index (χ3n) is 4.89. The van der Waals surface area contributed by atoms with Gasteiger partial charge in [-0.3, -0.25) is 4.79 Å². The van der Waals surface area contributed by atoms with Gasteiger partial charge in [-0.1, -0.05) is 17.8 Å². The Kier molecular flexibility index (Phi) is 5.55. The maximum Gasteiger partial charge on any atom is 0.258 e. The van der Waals surface area contributed by atoms with Crippen molar-refractivity contribution in [1.82, 2.24) is 19.7 Å². The van der Waals surface area contributed by atoms with E-state index in [4.69, 9.17) is 0 Å². The Morgan fingerprint density at radius 3 is 2.67 bits per heavy atom. The van der Waals surface area contributed by atoms with Crippen molar-refractivity contribution in [3.05, 3.63) is 71.7 Å². The first kappa shape index (κ1) is 20.1. The molecule has 3 heterocycles. The van der Waals surface area contributed by atoms with E-state index in [2.05, 4.69) is 60.2 Å². The average molecular weight is 418 g/mol. The van der Waals surface area contributed by atoms with Gasteiger partial charge in [-0.25, -0.2) is 14.6 Å². The van der Waals surface area contributed by atoms with Crippen molar-refractivity contribution in [2.45, 2.75) is 43.7 Å². The summed E-state index contributed by atoms with van der Waals surface area (Å²) in [7, 11) is 0. The van der Waals surface area contributed by atoms with E-state index in [1.807, 2.05) is 16.8 Å². The third kappa shape index (κ3) is 4.07. The van der Waals surface area contributed by atoms with Crippen molar-refractivity contribution in [3.63, 3.8) is 0 Å². The molecule has 4 rings (SSSR count). The minimum Gasteiger partial charge on any atom is -0.320 e. The van der Waals surface area contributed by atoms with Gasteiger partial charge in [0.25, 0.3) is 5.91 Å². The van der Waals surface area contributed by atoms with Gasteiger partial charge in [0.05, 0.1) is 23.6 Å². The van der Waals surface area contributed by atoms with Gasteiger partial charge in [-0.05, 0) is 69.2 Å². The lowest BCUT2D eigenvalue weighted by molar-refractivity contribution is 0.102. The minimum atomic E-state index is -0.216. The monoisotopic (exact) mass is 417 g/mol. The van der Waals surface area contributed by atoms with Gasteiger partial charge in [0.15, 0.2) is 5.65 Å². The number of hydrogen-bond acceptors (Lipinski definition) is 5. The molecule has 0 aliphatic heterocycles. The second kappa shape index (κ2) is 8.28. The second-order valence-electron chi connectivity index (χ2n) is 7.48. The molecule has 0 bridgehead atoms. The molecule has 3 aromatic heterocycles. The SMILES string of the molecule is Cc1ccc(Sc2ncccc2C(=O)Nc2cnc3c(cnn3C(C)C)c2)cc1C. The topological polar surface area (TPSA) is 72.7 Å². The van der Waals surface area contributed by atoms with Gasteiger partial charge in [-0.2, -0.15) is 5.10 Å². The smallest absolute Gasteiger partial charge is 0.258 e. The van der Waals surface area contributed by atoms with Crippen LogP contribution in [0.3, 0.4) is 0 Å². The van der Waals surface area contributed by atoms with E-state index < -0.39 is 0 Å². The number of carbonyl (C=O) groups is 1. The zero-order valence-electron chi connectivity index (χ0n) is 17.4. The molecule has 0 saturated carbocycles. The maximum atomic E-state index is 13.0. The Labute approximate surface area is 179 Å². The summed E-state index contributed by atoms with van der Waals surface area (Å²) in [6.45, 7) is 8.27. The third-order valence-corrected chi connectivity index (χ3v) is 5.90. The van der Waals surface area contributed by atoms with Gasteiger partial charge < -0.3 is 5.32 Å². The largest absolute Gasteiger partial charge is 0.320 e. The summed E-state index contributed by atoms with van der Waals surface area (Å²) in [6, 6.07) is 11.9. The summed E-state index contributed by atoms with van der Waals surface area (Å²) in [5.74, 6) is -0.216. The van der Waals surface area contributed by atoms with Crippen molar-refractivity contribution in [1.29, 1.82) is 0 Å². The van der Waals surface area contributed by atoms with Crippen LogP contribution in [0.2, 0.25) is 0 Å². The predicted molar refractivity (Wildman–Crippen MR) is 120 cm³/mol. The van der Waals surface area contributed by atoms with Crippen molar-refractivity contribution in [2.75, 3.05) is 5.32 Å². The van der Waals surface area contributed by atoms with Crippen LogP contribution in [0.1, 0.15) is 41.4 Å². The lowest BCUT2D eigenvalue weighted by Gasteiger charge is -2.10. The number of nitrogens with one attached hydrogen (secondary N) is 1. The molecular weight excluding hydrogens is 394 g/mol. The molecule has 0 aliphatic carbocycles. The lowest BCUT2D eigenvalue weighted by Crippen LogP contribution is -2.14. The maximum absolute atomic E-state index is 13.0. The van der Waals surface area contributed by atoms with E-state index in [0.29, 0.717) is 16.3 Å². The summed E-state index contributed by atoms with van der Waals surface area (Å²) in [5, 5.41) is 8.87. The molecule has 7 heteroatoms. The molecule has 0 unspecified atom stereocenters. The van der Waals surface area contributed by atoms with Crippen LogP contribution in [0, 0.1) is 13.8 Å². The standard InChI is InChI=1S/C23H23N5OS/c1-14(2)28-21-17(12-26-28)11-18(13-25-21)27-22(29)20-6-5-9-24-23(20)30-19-8-7-15(3)16(4)10-19/h5-14H,1-4H3,(H,27,29). The molecule has 152 valence electrons. The first-order valence-corrected chi connectivity index (χ1v) is 10.6. The van der Waals surface area contributed by atoms with Gasteiger partial charge in [-0.15, -0.1) is 0 Å². The van der Waals surface area contributed by atoms with Gasteiger partial charge >= 0.3 is 0 Å². The molecular formula is C23H23N5OS. The molecule has 0 atom stereocenters. The molecule has 0 aliphatic rings. The molecule has 0 radical (unpaired) electrons. The van der Waals surface area contributed by atoms with Crippen molar-refractivity contribution >= 4 is 34.4 Å². The second-order valence-corrected chi connectivity index (χ2v) is 8.54. The fraction of sp³-hybridized carbons (Fsp3) is 0.217. The highest BCUT2D eigenvalue weighted by molar-refractivity contribution is 7.99. The Morgan fingerprint density at radius 1 is 1.07 bits per heavy atom. The van der Waals surface area contributed by atoms with Crippen LogP contribution in [-0.4, -0.2) is 25.7 Å². The van der Waals surface area contributed by atoms with E-state index in [0.717, 1.165) is 15.9 Å². The van der Waals surface area contributed by atoms with E-state index in [9.17, 15) is 4.79 Å². The van der Waals surface area contributed by atoms with Crippen LogP contribution < -0.4 is 5.32 Å². The predicted octanol–water partition coefficient (Wildman–Crippen LogP) is 5.43. The molecule has 0 fully saturated rings. The zero-order valence-corrected chi connectivity index (χ0v) is 18.2. The van der Waals surface area contributed by atoms with Crippen LogP contribution in [0.15, 0.2) is 64.9 Å². The molecule has 6 nitrogen and oxygen atoms in total. The zero-order chi connectivity index (χ0) is 21.3. The molecule has 1 N–H and O–H groups in total. The number of benzene rings is 1. The number of pyridine rings is 2. The summed E-state index contributed by atoms with van der Waals surface area (Å²) in [4.78, 5) is 23.0. The number of nitrogens with zero attached hydrogens (tertiary/aromatic N) is 4. The van der Waals surface area contributed by atoms with E-state index in [-0.39, 0.29) is 11.9 Å². The van der Waals surface area contributed by atoms with Crippen LogP contribution in [0.5, 0.6) is 0 Å². The number of fused-ring (bicyclic) bond motifs is 1. The molecule has 1 aromatic carbocycles. The van der Waals surface area contributed by atoms with Gasteiger partial charge in [0, 0.05) is 22.5 Å². The number of aromatic nitrogens is 4. The first-order valence-electron chi connectivity index (χ1n) is 9.77. The summed E-state index contributed by atoms with van der Waals surface area (Å²) in [5.41, 5.74) is 4.40. The highest BCUT2D eigenvalue weighted by Crippen LogP contribution is 2.30. The van der Waals surface area contributed by atoms with Crippen LogP contribution in [0.25, 0.3) is 11.0 Å². The highest BCUT2D eigenvalue weighted by Gasteiger charge is 2.15. The summed E-state index contributed by atoms with van der Waals surface area (Å²) >= 11 is 1.48. The molecule has 0 saturated heterocycles. The fourth-order valence-corrected chi connectivity index (χ4v) is 4.10. The Balaban J connectivity index is 1.58. The van der Waals surface area contributed by atoms with Crippen LogP contribution in [0.4, 0.5) is 5.69 Å². The Morgan fingerprint density at radius 2 is 1.90 bits per heavy atom. The fourth-order valence-electron chi connectivity index (χ4n) is 3.12. The van der Waals surface area contributed by atoms with Gasteiger partial charge in [0.1, 0.15) is 5.03 Å². The molecule has 1 amide bonds. The van der Waals surface area contributed by atoms with Crippen molar-refractivity contribution in [3.8, 4) is 0 Å². The number of carbonyl (C=O) groups excluding carboxylic acids is 1. The first-order chi connectivity index (χ1) is 14.4. The molecule has 30 heavy (non-hydrogen) atoms.